The molecule has 0 saturated heterocycles. The van der Waals surface area contributed by atoms with Crippen LogP contribution in [0.25, 0.3) is 0 Å². The molecule has 1 aliphatic rings. The molecule has 0 bridgehead atoms. The molecule has 4 atom stereocenters. The van der Waals surface area contributed by atoms with Crippen molar-refractivity contribution >= 4 is 0 Å². The van der Waals surface area contributed by atoms with E-state index in [1.807, 2.05) is 0 Å². The van der Waals surface area contributed by atoms with E-state index in [0.717, 1.165) is 37.0 Å². The largest absolute Gasteiger partial charge is 0.339 e. The summed E-state index contributed by atoms with van der Waals surface area (Å²) in [4.78, 5) is 4.74. The summed E-state index contributed by atoms with van der Waals surface area (Å²) in [5.74, 6) is 3.46. The van der Waals surface area contributed by atoms with E-state index < -0.39 is 0 Å². The number of nitrogens with one attached hydrogen (secondary N) is 1. The van der Waals surface area contributed by atoms with Crippen LogP contribution >= 0.6 is 0 Å². The van der Waals surface area contributed by atoms with Gasteiger partial charge >= 0.3 is 0 Å². The van der Waals surface area contributed by atoms with Crippen molar-refractivity contribution in [3.8, 4) is 0 Å². The maximum Gasteiger partial charge on any atom is 0.231 e. The summed E-state index contributed by atoms with van der Waals surface area (Å²) < 4.78 is 5.60. The molecule has 2 rings (SSSR count). The first-order chi connectivity index (χ1) is 10.2. The summed E-state index contributed by atoms with van der Waals surface area (Å²) in [5.41, 5.74) is 0. The lowest BCUT2D eigenvalue weighted by Crippen LogP contribution is -2.32. The molecule has 1 N–H and O–H groups in total. The van der Waals surface area contributed by atoms with E-state index in [-0.39, 0.29) is 0 Å². The molecule has 1 fully saturated rings. The van der Waals surface area contributed by atoms with E-state index in [2.05, 4.69) is 38.2 Å². The first-order valence-electron chi connectivity index (χ1n) is 8.76. The summed E-state index contributed by atoms with van der Waals surface area (Å²) in [7, 11) is 0. The van der Waals surface area contributed by atoms with Crippen LogP contribution in [0.3, 0.4) is 0 Å². The highest BCUT2D eigenvalue weighted by atomic mass is 16.5. The average Bonchev–Trinajstić information content (AvgIpc) is 3.14. The molecule has 1 aliphatic carbocycles. The van der Waals surface area contributed by atoms with Crippen molar-refractivity contribution in [2.24, 2.45) is 5.92 Å². The van der Waals surface area contributed by atoms with Crippen LogP contribution in [0.4, 0.5) is 0 Å². The van der Waals surface area contributed by atoms with Crippen molar-refractivity contribution in [3.05, 3.63) is 11.7 Å². The molecule has 0 aliphatic heterocycles. The lowest BCUT2D eigenvalue weighted by Gasteiger charge is -2.20. The maximum absolute atomic E-state index is 5.60. The highest BCUT2D eigenvalue weighted by Crippen LogP contribution is 2.38. The Morgan fingerprint density at radius 2 is 2.10 bits per heavy atom. The molecule has 21 heavy (non-hydrogen) atoms. The van der Waals surface area contributed by atoms with E-state index in [9.17, 15) is 0 Å². The topological polar surface area (TPSA) is 51.0 Å². The SMILES string of the molecule is CCCNC(C)C(CC)c1nc(C2CCC(CC)C2)no1. The van der Waals surface area contributed by atoms with Crippen LogP contribution in [-0.2, 0) is 0 Å². The number of hydrogen-bond donors (Lipinski definition) is 1. The normalized spacial score (nSPS) is 25.1. The maximum atomic E-state index is 5.60. The summed E-state index contributed by atoms with van der Waals surface area (Å²) in [6, 6.07) is 0.384. The van der Waals surface area contributed by atoms with Crippen molar-refractivity contribution in [2.75, 3.05) is 6.54 Å². The van der Waals surface area contributed by atoms with Crippen molar-refractivity contribution in [3.63, 3.8) is 0 Å². The van der Waals surface area contributed by atoms with E-state index in [4.69, 9.17) is 9.51 Å². The molecule has 120 valence electrons. The standard InChI is InChI=1S/C17H31N3O/c1-5-10-18-12(4)15(7-3)17-19-16(20-21-17)14-9-8-13(6-2)11-14/h12-15,18H,5-11H2,1-4H3. The van der Waals surface area contributed by atoms with Crippen LogP contribution < -0.4 is 5.32 Å². The zero-order valence-electron chi connectivity index (χ0n) is 14.1. The van der Waals surface area contributed by atoms with E-state index in [1.165, 1.54) is 25.7 Å². The number of hydrogen-bond acceptors (Lipinski definition) is 4. The molecule has 4 unspecified atom stereocenters. The van der Waals surface area contributed by atoms with Gasteiger partial charge in [0.1, 0.15) is 0 Å². The lowest BCUT2D eigenvalue weighted by atomic mass is 9.98. The Hall–Kier alpha value is -0.900. The smallest absolute Gasteiger partial charge is 0.231 e. The third-order valence-corrected chi connectivity index (χ3v) is 5.02. The fraction of sp³-hybridized carbons (Fsp3) is 0.882. The molecular weight excluding hydrogens is 262 g/mol. The van der Waals surface area contributed by atoms with E-state index in [0.29, 0.717) is 17.9 Å². The third kappa shape index (κ3) is 4.06. The Kier molecular flexibility index (Phi) is 6.22. The summed E-state index contributed by atoms with van der Waals surface area (Å²) in [5, 5.41) is 7.83. The Labute approximate surface area is 129 Å². The Balaban J connectivity index is 2.00. The fourth-order valence-electron chi connectivity index (χ4n) is 3.50. The fourth-order valence-corrected chi connectivity index (χ4v) is 3.50. The second-order valence-corrected chi connectivity index (χ2v) is 6.53. The predicted molar refractivity (Wildman–Crippen MR) is 85.5 cm³/mol. The van der Waals surface area contributed by atoms with Gasteiger partial charge in [-0.1, -0.05) is 32.3 Å². The van der Waals surface area contributed by atoms with Crippen LogP contribution in [-0.4, -0.2) is 22.7 Å². The molecule has 4 nitrogen and oxygen atoms in total. The minimum atomic E-state index is 0.321. The summed E-state index contributed by atoms with van der Waals surface area (Å²) in [6.07, 6.45) is 7.22. The van der Waals surface area contributed by atoms with Crippen LogP contribution in [0.15, 0.2) is 4.52 Å². The van der Waals surface area contributed by atoms with Gasteiger partial charge in [-0.05, 0) is 51.5 Å². The second-order valence-electron chi connectivity index (χ2n) is 6.53. The van der Waals surface area contributed by atoms with Gasteiger partial charge in [0, 0.05) is 12.0 Å². The minimum Gasteiger partial charge on any atom is -0.339 e. The molecule has 1 heterocycles. The number of nitrogens with zero attached hydrogens (tertiary/aromatic N) is 2. The van der Waals surface area contributed by atoms with Crippen molar-refractivity contribution in [1.29, 1.82) is 0 Å². The Bertz CT molecular complexity index is 418. The molecule has 0 amide bonds. The van der Waals surface area contributed by atoms with E-state index in [1.54, 1.807) is 0 Å². The highest BCUT2D eigenvalue weighted by molar-refractivity contribution is 5.03. The monoisotopic (exact) mass is 293 g/mol. The van der Waals surface area contributed by atoms with Crippen LogP contribution in [0, 0.1) is 5.92 Å². The zero-order chi connectivity index (χ0) is 15.2. The van der Waals surface area contributed by atoms with Gasteiger partial charge in [0.05, 0.1) is 5.92 Å². The summed E-state index contributed by atoms with van der Waals surface area (Å²) >= 11 is 0. The van der Waals surface area contributed by atoms with Crippen LogP contribution in [0.2, 0.25) is 0 Å². The van der Waals surface area contributed by atoms with Crippen LogP contribution in [0.5, 0.6) is 0 Å². The van der Waals surface area contributed by atoms with Gasteiger partial charge in [0.15, 0.2) is 5.82 Å². The first kappa shape index (κ1) is 16.5. The quantitative estimate of drug-likeness (QED) is 0.778. The highest BCUT2D eigenvalue weighted by Gasteiger charge is 2.30. The summed E-state index contributed by atoms with van der Waals surface area (Å²) in [6.45, 7) is 9.93. The van der Waals surface area contributed by atoms with Gasteiger partial charge in [0.25, 0.3) is 0 Å². The number of aromatic nitrogens is 2. The first-order valence-corrected chi connectivity index (χ1v) is 8.76. The Morgan fingerprint density at radius 1 is 1.29 bits per heavy atom. The predicted octanol–water partition coefficient (Wildman–Crippen LogP) is 4.25. The Morgan fingerprint density at radius 3 is 2.71 bits per heavy atom. The van der Waals surface area contributed by atoms with Gasteiger partial charge < -0.3 is 9.84 Å². The zero-order valence-corrected chi connectivity index (χ0v) is 14.1. The van der Waals surface area contributed by atoms with Crippen molar-refractivity contribution in [2.45, 2.75) is 84.1 Å². The van der Waals surface area contributed by atoms with Crippen LogP contribution in [0.1, 0.15) is 89.8 Å². The van der Waals surface area contributed by atoms with Crippen molar-refractivity contribution in [1.82, 2.24) is 15.5 Å². The number of rotatable bonds is 8. The average molecular weight is 293 g/mol. The van der Waals surface area contributed by atoms with Gasteiger partial charge in [-0.2, -0.15) is 4.98 Å². The molecule has 4 heteroatoms. The lowest BCUT2D eigenvalue weighted by molar-refractivity contribution is 0.313. The molecule has 1 aromatic rings. The van der Waals surface area contributed by atoms with Gasteiger partial charge in [-0.3, -0.25) is 0 Å². The molecular formula is C17H31N3O. The van der Waals surface area contributed by atoms with Gasteiger partial charge in [-0.25, -0.2) is 0 Å². The third-order valence-electron chi connectivity index (χ3n) is 5.02. The van der Waals surface area contributed by atoms with E-state index >= 15 is 0 Å². The minimum absolute atomic E-state index is 0.321. The molecule has 1 aromatic heterocycles. The molecule has 0 aromatic carbocycles. The molecule has 0 radical (unpaired) electrons. The molecule has 0 spiro atoms. The van der Waals surface area contributed by atoms with Gasteiger partial charge in [0.2, 0.25) is 5.89 Å². The van der Waals surface area contributed by atoms with Gasteiger partial charge in [-0.15, -0.1) is 0 Å². The van der Waals surface area contributed by atoms with Crippen molar-refractivity contribution < 1.29 is 4.52 Å². The second kappa shape index (κ2) is 7.92. The molecule has 1 saturated carbocycles.